The maximum Gasteiger partial charge on any atom is 0.604 e. The Hall–Kier alpha value is -2.76. The quantitative estimate of drug-likeness (QED) is 0.366. The van der Waals surface area contributed by atoms with Crippen LogP contribution in [0.4, 0.5) is 0 Å². The van der Waals surface area contributed by atoms with Crippen molar-refractivity contribution in [2.24, 2.45) is 0 Å². The van der Waals surface area contributed by atoms with Crippen LogP contribution in [-0.4, -0.2) is 38.2 Å². The number of fused-ring (bicyclic) bond motifs is 2. The topological polar surface area (TPSA) is 49.2 Å². The minimum atomic E-state index is -2.36. The molecule has 6 nitrogen and oxygen atoms in total. The zero-order valence-electron chi connectivity index (χ0n) is 13.8. The summed E-state index contributed by atoms with van der Waals surface area (Å²) in [5.41, 5.74) is 0. The van der Waals surface area contributed by atoms with E-state index in [2.05, 4.69) is 0 Å². The molecular weight excluding hydrogens is 308 g/mol. The van der Waals surface area contributed by atoms with Crippen LogP contribution in [0, 0.1) is 0 Å². The molecule has 2 aliphatic heterocycles. The van der Waals surface area contributed by atoms with Crippen molar-refractivity contribution in [2.75, 3.05) is 14.1 Å². The molecule has 0 radical (unpaired) electrons. The predicted octanol–water partition coefficient (Wildman–Crippen LogP) is 2.14. The van der Waals surface area contributed by atoms with Crippen molar-refractivity contribution in [3.05, 3.63) is 48.5 Å². The SMILES string of the molecule is CC(O[B-]1(B2Oc3ccccc3O2)Oc2ccccc2O1)=[N+](C)C. The maximum atomic E-state index is 6.07. The van der Waals surface area contributed by atoms with E-state index in [1.165, 1.54) is 0 Å². The maximum absolute atomic E-state index is 6.07. The fourth-order valence-corrected chi connectivity index (χ4v) is 2.67. The highest BCUT2D eigenvalue weighted by atomic mass is 16.8. The third-order valence-electron chi connectivity index (χ3n) is 4.06. The highest BCUT2D eigenvalue weighted by molar-refractivity contribution is 7.21. The van der Waals surface area contributed by atoms with Gasteiger partial charge in [0.25, 0.3) is 5.90 Å². The summed E-state index contributed by atoms with van der Waals surface area (Å²) < 4.78 is 31.8. The molecule has 0 N–H and O–H groups in total. The Morgan fingerprint density at radius 3 is 1.79 bits per heavy atom. The molecule has 0 aliphatic carbocycles. The summed E-state index contributed by atoms with van der Waals surface area (Å²) in [6.07, 6.45) is 0. The van der Waals surface area contributed by atoms with E-state index in [1.54, 1.807) is 0 Å². The third-order valence-corrected chi connectivity index (χ3v) is 4.06. The molecule has 0 aromatic heterocycles. The van der Waals surface area contributed by atoms with Crippen LogP contribution in [0.15, 0.2) is 48.5 Å². The molecule has 0 saturated carbocycles. The molecule has 122 valence electrons. The summed E-state index contributed by atoms with van der Waals surface area (Å²) in [6.45, 7) is -0.530. The van der Waals surface area contributed by atoms with Crippen LogP contribution < -0.4 is 18.6 Å². The van der Waals surface area contributed by atoms with Crippen LogP contribution >= 0.6 is 0 Å². The van der Waals surface area contributed by atoms with Gasteiger partial charge in [-0.1, -0.05) is 24.3 Å². The van der Waals surface area contributed by atoms with Gasteiger partial charge < -0.3 is 23.3 Å². The lowest BCUT2D eigenvalue weighted by molar-refractivity contribution is -0.473. The van der Waals surface area contributed by atoms with Gasteiger partial charge in [0.05, 0.1) is 6.92 Å². The minimum absolute atomic E-state index is 0.604. The molecule has 0 bridgehead atoms. The summed E-state index contributed by atoms with van der Waals surface area (Å²) in [5, 5.41) is 0. The monoisotopic (exact) mass is 325 g/mol. The van der Waals surface area contributed by atoms with E-state index in [4.69, 9.17) is 23.3 Å². The highest BCUT2D eigenvalue weighted by Gasteiger charge is 2.61. The Balaban J connectivity index is 1.70. The van der Waals surface area contributed by atoms with Gasteiger partial charge in [-0.05, 0) is 24.3 Å². The van der Waals surface area contributed by atoms with Crippen molar-refractivity contribution in [2.45, 2.75) is 6.92 Å². The predicted molar refractivity (Wildman–Crippen MR) is 90.8 cm³/mol. The van der Waals surface area contributed by atoms with Crippen molar-refractivity contribution in [3.8, 4) is 23.0 Å². The number of hydrogen-bond donors (Lipinski definition) is 0. The molecule has 0 amide bonds. The normalized spacial score (nSPS) is 16.0. The summed E-state index contributed by atoms with van der Waals surface area (Å²) in [4.78, 5) is 0. The lowest BCUT2D eigenvalue weighted by atomic mass is 9.41. The fourth-order valence-electron chi connectivity index (χ4n) is 2.67. The Bertz CT molecular complexity index is 772. The molecule has 2 aliphatic rings. The summed E-state index contributed by atoms with van der Waals surface area (Å²) in [5.74, 6) is 3.11. The van der Waals surface area contributed by atoms with Crippen LogP contribution in [0.2, 0.25) is 0 Å². The molecule has 2 aromatic rings. The summed E-state index contributed by atoms with van der Waals surface area (Å²) in [7, 11) is 2.92. The van der Waals surface area contributed by atoms with Gasteiger partial charge in [0.2, 0.25) is 0 Å². The van der Waals surface area contributed by atoms with Gasteiger partial charge >= 0.3 is 13.7 Å². The molecular formula is C16H17B2NO5. The van der Waals surface area contributed by atoms with E-state index >= 15 is 0 Å². The van der Waals surface area contributed by atoms with Gasteiger partial charge in [0.1, 0.15) is 37.1 Å². The van der Waals surface area contributed by atoms with Gasteiger partial charge in [-0.25, -0.2) is 4.58 Å². The zero-order valence-corrected chi connectivity index (χ0v) is 13.8. The first-order valence-electron chi connectivity index (χ1n) is 7.81. The Morgan fingerprint density at radius 2 is 1.33 bits per heavy atom. The molecule has 8 heteroatoms. The van der Waals surface area contributed by atoms with Crippen molar-refractivity contribution in [3.63, 3.8) is 0 Å². The van der Waals surface area contributed by atoms with E-state index in [9.17, 15) is 0 Å². The first-order valence-corrected chi connectivity index (χ1v) is 7.81. The lowest BCUT2D eigenvalue weighted by Gasteiger charge is -2.35. The molecule has 0 fully saturated rings. The highest BCUT2D eigenvalue weighted by Crippen LogP contribution is 2.42. The Labute approximate surface area is 140 Å². The zero-order chi connectivity index (χ0) is 16.7. The average Bonchev–Trinajstić information content (AvgIpc) is 3.16. The molecule has 0 spiro atoms. The van der Waals surface area contributed by atoms with Gasteiger partial charge in [-0.3, -0.25) is 0 Å². The molecule has 4 rings (SSSR count). The van der Waals surface area contributed by atoms with E-state index in [1.807, 2.05) is 74.1 Å². The van der Waals surface area contributed by atoms with Crippen LogP contribution in [0.3, 0.4) is 0 Å². The minimum Gasteiger partial charge on any atom is -0.648 e. The largest absolute Gasteiger partial charge is 0.648 e. The fraction of sp³-hybridized carbons (Fsp3) is 0.188. The first-order chi connectivity index (χ1) is 11.6. The van der Waals surface area contributed by atoms with E-state index in [0.717, 1.165) is 0 Å². The third kappa shape index (κ3) is 2.35. The number of rotatable bonds is 2. The van der Waals surface area contributed by atoms with E-state index in [-0.39, 0.29) is 0 Å². The second kappa shape index (κ2) is 5.40. The van der Waals surface area contributed by atoms with Gasteiger partial charge in [0, 0.05) is 0 Å². The van der Waals surface area contributed by atoms with Crippen LogP contribution in [-0.2, 0) is 4.65 Å². The Kier molecular flexibility index (Phi) is 3.33. The van der Waals surface area contributed by atoms with E-state index < -0.39 is 13.7 Å². The lowest BCUT2D eigenvalue weighted by Crippen LogP contribution is -2.67. The first kappa shape index (κ1) is 14.8. The smallest absolute Gasteiger partial charge is 0.604 e. The van der Waals surface area contributed by atoms with Crippen LogP contribution in [0.5, 0.6) is 23.0 Å². The molecule has 0 saturated heterocycles. The second-order valence-corrected chi connectivity index (χ2v) is 5.96. The molecule has 24 heavy (non-hydrogen) atoms. The molecule has 0 atom stereocenters. The second-order valence-electron chi connectivity index (χ2n) is 5.96. The average molecular weight is 325 g/mol. The number of nitrogens with zero attached hydrogens (tertiary/aromatic N) is 1. The molecule has 2 heterocycles. The van der Waals surface area contributed by atoms with Gasteiger partial charge in [-0.15, -0.1) is 0 Å². The number of benzene rings is 2. The van der Waals surface area contributed by atoms with E-state index in [0.29, 0.717) is 28.9 Å². The summed E-state index contributed by atoms with van der Waals surface area (Å²) in [6, 6.07) is 14.9. The van der Waals surface area contributed by atoms with Gasteiger partial charge in [0.15, 0.2) is 0 Å². The van der Waals surface area contributed by atoms with Crippen LogP contribution in [0.1, 0.15) is 6.92 Å². The molecule has 2 aromatic carbocycles. The molecule has 0 unspecified atom stereocenters. The summed E-state index contributed by atoms with van der Waals surface area (Å²) >= 11 is 0. The van der Waals surface area contributed by atoms with Crippen molar-refractivity contribution in [1.82, 2.24) is 0 Å². The Morgan fingerprint density at radius 1 is 0.875 bits per heavy atom. The van der Waals surface area contributed by atoms with Crippen molar-refractivity contribution < 1.29 is 27.8 Å². The van der Waals surface area contributed by atoms with Crippen molar-refractivity contribution in [1.29, 1.82) is 0 Å². The van der Waals surface area contributed by atoms with Crippen LogP contribution in [0.25, 0.3) is 0 Å². The standard InChI is InChI=1S/C16H17B2NO5/c1-12(19(2)3)22-18(23-15-10-6-7-11-16(15)24-18)17-20-13-8-4-5-9-14(13)21-17/h4-11H,1-3H3. The van der Waals surface area contributed by atoms with Crippen molar-refractivity contribution >= 4 is 19.6 Å². The number of hydrogen-bond acceptors (Lipinski definition) is 5. The van der Waals surface area contributed by atoms with Gasteiger partial charge in [-0.2, -0.15) is 0 Å². The number of para-hydroxylation sites is 4.